The van der Waals surface area contributed by atoms with Crippen LogP contribution in [0.4, 0.5) is 0 Å². The number of carbonyl (C=O) groups excluding carboxylic acids is 1. The standard InChI is InChI=1S/C30H31N5O2/c36-19-35-14-2-5-27(35)29-32-17-26(34-29)23-11-10-22(20-6-8-21(9-7-20)25-16-31-18-33-25)28-24(23)4-1-12-30(28)13-3-15-37-30/h6-11,16-19,27H,1-5,12-15H2,(H,31,33)(H,32,34). The molecular weight excluding hydrogens is 462 g/mol. The molecule has 4 aromatic rings. The number of hydrogen-bond acceptors (Lipinski definition) is 4. The van der Waals surface area contributed by atoms with Gasteiger partial charge in [-0.05, 0) is 72.8 Å². The molecule has 2 N–H and O–H groups in total. The van der Waals surface area contributed by atoms with E-state index in [2.05, 4.69) is 51.4 Å². The molecule has 2 aromatic heterocycles. The average molecular weight is 494 g/mol. The summed E-state index contributed by atoms with van der Waals surface area (Å²) in [4.78, 5) is 29.1. The fourth-order valence-corrected chi connectivity index (χ4v) is 6.78. The molecule has 7 nitrogen and oxygen atoms in total. The molecule has 1 spiro atoms. The van der Waals surface area contributed by atoms with Crippen LogP contribution >= 0.6 is 0 Å². The number of hydrogen-bond donors (Lipinski definition) is 2. The Hall–Kier alpha value is -3.71. The quantitative estimate of drug-likeness (QED) is 0.346. The van der Waals surface area contributed by atoms with Gasteiger partial charge in [-0.15, -0.1) is 0 Å². The number of ether oxygens (including phenoxy) is 1. The Bertz CT molecular complexity index is 1420. The fourth-order valence-electron chi connectivity index (χ4n) is 6.78. The summed E-state index contributed by atoms with van der Waals surface area (Å²) in [6.07, 6.45) is 13.8. The molecule has 7 heteroatoms. The van der Waals surface area contributed by atoms with Crippen LogP contribution in [0, 0.1) is 0 Å². The summed E-state index contributed by atoms with van der Waals surface area (Å²) in [5.41, 5.74) is 9.36. The van der Waals surface area contributed by atoms with Crippen LogP contribution in [0.2, 0.25) is 0 Å². The molecule has 2 unspecified atom stereocenters. The molecule has 2 saturated heterocycles. The van der Waals surface area contributed by atoms with E-state index in [1.54, 1.807) is 6.33 Å². The summed E-state index contributed by atoms with van der Waals surface area (Å²) < 4.78 is 6.57. The van der Waals surface area contributed by atoms with E-state index in [0.717, 1.165) is 87.3 Å². The second-order valence-electron chi connectivity index (χ2n) is 10.5. The third-order valence-electron chi connectivity index (χ3n) is 8.52. The van der Waals surface area contributed by atoms with E-state index in [0.29, 0.717) is 0 Å². The molecule has 1 aliphatic carbocycles. The molecule has 0 saturated carbocycles. The van der Waals surface area contributed by atoms with Crippen molar-refractivity contribution in [2.45, 2.75) is 56.6 Å². The molecule has 2 aliphatic heterocycles. The Morgan fingerprint density at radius 2 is 1.81 bits per heavy atom. The molecule has 1 amide bonds. The van der Waals surface area contributed by atoms with E-state index < -0.39 is 0 Å². The average Bonchev–Trinajstić information content (AvgIpc) is 3.75. The number of likely N-dealkylation sites (tertiary alicyclic amines) is 1. The van der Waals surface area contributed by atoms with E-state index in [-0.39, 0.29) is 11.6 Å². The number of nitrogens with one attached hydrogen (secondary N) is 2. The number of H-pyrrole nitrogens is 2. The first-order valence-corrected chi connectivity index (χ1v) is 13.4. The van der Waals surface area contributed by atoms with Crippen LogP contribution in [0.1, 0.15) is 61.5 Å². The lowest BCUT2D eigenvalue weighted by Crippen LogP contribution is -2.31. The van der Waals surface area contributed by atoms with Crippen LogP contribution < -0.4 is 0 Å². The van der Waals surface area contributed by atoms with Crippen molar-refractivity contribution in [3.05, 3.63) is 72.1 Å². The number of aromatic amines is 2. The number of aromatic nitrogens is 4. The minimum Gasteiger partial charge on any atom is -0.370 e. The first kappa shape index (κ1) is 22.5. The van der Waals surface area contributed by atoms with Crippen LogP contribution in [0.25, 0.3) is 33.6 Å². The van der Waals surface area contributed by atoms with Gasteiger partial charge in [0.2, 0.25) is 6.41 Å². The highest BCUT2D eigenvalue weighted by Crippen LogP contribution is 2.51. The number of rotatable bonds is 5. The number of imidazole rings is 2. The van der Waals surface area contributed by atoms with E-state index in [4.69, 9.17) is 9.72 Å². The maximum Gasteiger partial charge on any atom is 0.210 e. The van der Waals surface area contributed by atoms with Gasteiger partial charge >= 0.3 is 0 Å². The van der Waals surface area contributed by atoms with Gasteiger partial charge in [-0.2, -0.15) is 0 Å². The summed E-state index contributed by atoms with van der Waals surface area (Å²) in [6.45, 7) is 1.62. The summed E-state index contributed by atoms with van der Waals surface area (Å²) >= 11 is 0. The zero-order valence-corrected chi connectivity index (χ0v) is 20.9. The molecular formula is C30H31N5O2. The predicted octanol–water partition coefficient (Wildman–Crippen LogP) is 5.77. The van der Waals surface area contributed by atoms with Crippen molar-refractivity contribution in [1.29, 1.82) is 0 Å². The van der Waals surface area contributed by atoms with Gasteiger partial charge in [-0.1, -0.05) is 36.4 Å². The second-order valence-corrected chi connectivity index (χ2v) is 10.5. The first-order chi connectivity index (χ1) is 18.3. The summed E-state index contributed by atoms with van der Waals surface area (Å²) in [6, 6.07) is 13.3. The van der Waals surface area contributed by atoms with Crippen LogP contribution in [-0.4, -0.2) is 44.4 Å². The van der Waals surface area contributed by atoms with Crippen LogP contribution in [-0.2, 0) is 21.6 Å². The molecule has 37 heavy (non-hydrogen) atoms. The topological polar surface area (TPSA) is 86.9 Å². The third-order valence-corrected chi connectivity index (χ3v) is 8.52. The summed E-state index contributed by atoms with van der Waals surface area (Å²) in [7, 11) is 0. The van der Waals surface area contributed by atoms with Crippen molar-refractivity contribution in [2.24, 2.45) is 0 Å². The zero-order valence-electron chi connectivity index (χ0n) is 20.9. The molecule has 2 atom stereocenters. The number of amides is 1. The highest BCUT2D eigenvalue weighted by molar-refractivity contribution is 5.79. The lowest BCUT2D eigenvalue weighted by Gasteiger charge is -2.38. The van der Waals surface area contributed by atoms with Crippen molar-refractivity contribution in [3.63, 3.8) is 0 Å². The zero-order chi connectivity index (χ0) is 24.8. The number of benzene rings is 2. The lowest BCUT2D eigenvalue weighted by molar-refractivity contribution is -0.119. The molecule has 3 aliphatic rings. The van der Waals surface area contributed by atoms with Gasteiger partial charge in [0.05, 0.1) is 41.8 Å². The molecule has 188 valence electrons. The van der Waals surface area contributed by atoms with E-state index in [1.165, 1.54) is 27.8 Å². The summed E-state index contributed by atoms with van der Waals surface area (Å²) in [5.74, 6) is 0.884. The van der Waals surface area contributed by atoms with Gasteiger partial charge in [0.25, 0.3) is 0 Å². The normalized spacial score (nSPS) is 23.0. The maximum atomic E-state index is 11.5. The van der Waals surface area contributed by atoms with Gasteiger partial charge in [-0.3, -0.25) is 4.79 Å². The van der Waals surface area contributed by atoms with Crippen molar-refractivity contribution in [2.75, 3.05) is 13.2 Å². The van der Waals surface area contributed by atoms with Crippen molar-refractivity contribution in [3.8, 4) is 33.6 Å². The number of carbonyl (C=O) groups is 1. The van der Waals surface area contributed by atoms with Gasteiger partial charge in [0, 0.05) is 18.7 Å². The van der Waals surface area contributed by atoms with Crippen LogP contribution in [0.15, 0.2) is 55.1 Å². The number of nitrogens with zero attached hydrogens (tertiary/aromatic N) is 3. The van der Waals surface area contributed by atoms with Crippen LogP contribution in [0.5, 0.6) is 0 Å². The highest BCUT2D eigenvalue weighted by Gasteiger charge is 2.43. The minimum atomic E-state index is -0.219. The van der Waals surface area contributed by atoms with Gasteiger partial charge < -0.3 is 19.6 Å². The SMILES string of the molecule is O=CN1CCCC1c1ncc(-c2ccc(-c3ccc(-c4cnc[nH]4)cc3)c3c2CCCC32CCCO2)[nH]1. The molecule has 0 radical (unpaired) electrons. The Labute approximate surface area is 216 Å². The van der Waals surface area contributed by atoms with E-state index in [1.807, 2.05) is 17.3 Å². The van der Waals surface area contributed by atoms with Crippen molar-refractivity contribution >= 4 is 6.41 Å². The minimum absolute atomic E-state index is 0.0410. The Morgan fingerprint density at radius 1 is 0.973 bits per heavy atom. The van der Waals surface area contributed by atoms with E-state index in [9.17, 15) is 4.79 Å². The molecule has 0 bridgehead atoms. The number of fused-ring (bicyclic) bond motifs is 2. The first-order valence-electron chi connectivity index (χ1n) is 13.4. The molecule has 2 fully saturated rings. The second kappa shape index (κ2) is 8.99. The van der Waals surface area contributed by atoms with Crippen molar-refractivity contribution < 1.29 is 9.53 Å². The molecule has 2 aromatic carbocycles. The molecule has 7 rings (SSSR count). The van der Waals surface area contributed by atoms with Gasteiger partial charge in [0.15, 0.2) is 0 Å². The Balaban J connectivity index is 1.33. The van der Waals surface area contributed by atoms with Gasteiger partial charge in [-0.25, -0.2) is 9.97 Å². The lowest BCUT2D eigenvalue weighted by atomic mass is 9.72. The van der Waals surface area contributed by atoms with Gasteiger partial charge in [0.1, 0.15) is 5.82 Å². The van der Waals surface area contributed by atoms with Crippen LogP contribution in [0.3, 0.4) is 0 Å². The largest absolute Gasteiger partial charge is 0.370 e. The fraction of sp³-hybridized carbons (Fsp3) is 0.367. The molecule has 4 heterocycles. The van der Waals surface area contributed by atoms with E-state index >= 15 is 0 Å². The Kier molecular flexibility index (Phi) is 5.47. The predicted molar refractivity (Wildman–Crippen MR) is 142 cm³/mol. The summed E-state index contributed by atoms with van der Waals surface area (Å²) in [5, 5.41) is 0. The highest BCUT2D eigenvalue weighted by atomic mass is 16.5. The smallest absolute Gasteiger partial charge is 0.210 e. The van der Waals surface area contributed by atoms with Crippen molar-refractivity contribution in [1.82, 2.24) is 24.8 Å². The third kappa shape index (κ3) is 3.72. The monoisotopic (exact) mass is 493 g/mol. The Morgan fingerprint density at radius 3 is 2.59 bits per heavy atom. The maximum absolute atomic E-state index is 11.5.